The number of nitrogens with zero attached hydrogens (tertiary/aromatic N) is 3. The molecule has 1 fully saturated rings. The Balaban J connectivity index is 1.86. The van der Waals surface area contributed by atoms with Crippen molar-refractivity contribution in [3.63, 3.8) is 0 Å². The third-order valence-corrected chi connectivity index (χ3v) is 3.69. The van der Waals surface area contributed by atoms with Gasteiger partial charge in [0, 0.05) is 45.5 Å². The van der Waals surface area contributed by atoms with E-state index in [-0.39, 0.29) is 5.57 Å². The largest absolute Gasteiger partial charge is 0.388 e. The maximum absolute atomic E-state index is 12.1. The van der Waals surface area contributed by atoms with Gasteiger partial charge in [-0.2, -0.15) is 10.5 Å². The number of carbonyl (C=O) groups is 1. The van der Waals surface area contributed by atoms with Crippen LogP contribution in [0.4, 0.5) is 5.69 Å². The number of piperazine rings is 1. The van der Waals surface area contributed by atoms with Gasteiger partial charge in [0.2, 0.25) is 0 Å². The van der Waals surface area contributed by atoms with Crippen molar-refractivity contribution >= 4 is 11.6 Å². The molecular formula is C17H20N6O. The first kappa shape index (κ1) is 17.5. The van der Waals surface area contributed by atoms with Gasteiger partial charge in [-0.3, -0.25) is 9.69 Å². The molecule has 24 heavy (non-hydrogen) atoms. The van der Waals surface area contributed by atoms with E-state index in [9.17, 15) is 4.79 Å². The fourth-order valence-corrected chi connectivity index (χ4v) is 2.36. The molecule has 1 amide bonds. The van der Waals surface area contributed by atoms with Crippen LogP contribution in [0.2, 0.25) is 0 Å². The Morgan fingerprint density at radius 2 is 2.04 bits per heavy atom. The van der Waals surface area contributed by atoms with Crippen LogP contribution in [0.25, 0.3) is 0 Å². The molecule has 7 nitrogen and oxygen atoms in total. The maximum atomic E-state index is 12.1. The quantitative estimate of drug-likeness (QED) is 0.397. The van der Waals surface area contributed by atoms with E-state index in [2.05, 4.69) is 20.9 Å². The fourth-order valence-electron chi connectivity index (χ4n) is 2.36. The monoisotopic (exact) mass is 324 g/mol. The number of anilines is 1. The van der Waals surface area contributed by atoms with Crippen molar-refractivity contribution in [2.75, 3.05) is 44.6 Å². The van der Waals surface area contributed by atoms with Crippen molar-refractivity contribution in [1.82, 2.24) is 15.5 Å². The Kier molecular flexibility index (Phi) is 6.78. The molecule has 1 aliphatic rings. The SMILES string of the molecule is N#C/C(=C/NCCN1CCNCC1)C(=O)Nc1ccccc1C#N. The van der Waals surface area contributed by atoms with E-state index in [1.807, 2.05) is 12.1 Å². The highest BCUT2D eigenvalue weighted by atomic mass is 16.1. The van der Waals surface area contributed by atoms with Gasteiger partial charge in [-0.25, -0.2) is 0 Å². The first-order valence-electron chi connectivity index (χ1n) is 7.82. The zero-order valence-corrected chi connectivity index (χ0v) is 13.4. The molecule has 124 valence electrons. The van der Waals surface area contributed by atoms with Crippen molar-refractivity contribution in [3.05, 3.63) is 41.6 Å². The molecule has 1 aliphatic heterocycles. The fraction of sp³-hybridized carbons (Fsp3) is 0.353. The molecule has 0 aliphatic carbocycles. The summed E-state index contributed by atoms with van der Waals surface area (Å²) in [6.45, 7) is 5.49. The van der Waals surface area contributed by atoms with Crippen molar-refractivity contribution in [2.45, 2.75) is 0 Å². The van der Waals surface area contributed by atoms with Gasteiger partial charge in [0.15, 0.2) is 0 Å². The van der Waals surface area contributed by atoms with Crippen LogP contribution >= 0.6 is 0 Å². The van der Waals surface area contributed by atoms with Gasteiger partial charge in [-0.15, -0.1) is 0 Å². The highest BCUT2D eigenvalue weighted by molar-refractivity contribution is 6.07. The van der Waals surface area contributed by atoms with Gasteiger partial charge >= 0.3 is 0 Å². The normalized spacial score (nSPS) is 15.2. The van der Waals surface area contributed by atoms with Crippen LogP contribution in [0.15, 0.2) is 36.0 Å². The Morgan fingerprint density at radius 1 is 1.29 bits per heavy atom. The minimum atomic E-state index is -0.533. The van der Waals surface area contributed by atoms with Crippen molar-refractivity contribution < 1.29 is 4.79 Å². The summed E-state index contributed by atoms with van der Waals surface area (Å²) in [5, 5.41) is 27.1. The average molecular weight is 324 g/mol. The first-order chi connectivity index (χ1) is 11.7. The number of nitrogens with one attached hydrogen (secondary N) is 3. The van der Waals surface area contributed by atoms with Crippen LogP contribution in [-0.2, 0) is 4.79 Å². The number of nitriles is 2. The van der Waals surface area contributed by atoms with Gasteiger partial charge in [-0.05, 0) is 12.1 Å². The zero-order chi connectivity index (χ0) is 17.2. The molecule has 0 aromatic heterocycles. The molecule has 0 spiro atoms. The predicted octanol–water partition coefficient (Wildman–Crippen LogP) is 0.399. The third-order valence-electron chi connectivity index (χ3n) is 3.69. The van der Waals surface area contributed by atoms with E-state index < -0.39 is 5.91 Å². The molecule has 1 aromatic carbocycles. The first-order valence-corrected chi connectivity index (χ1v) is 7.82. The molecule has 2 rings (SSSR count). The Morgan fingerprint density at radius 3 is 2.75 bits per heavy atom. The molecule has 3 N–H and O–H groups in total. The minimum Gasteiger partial charge on any atom is -0.388 e. The molecule has 0 radical (unpaired) electrons. The smallest absolute Gasteiger partial charge is 0.267 e. The van der Waals surface area contributed by atoms with Gasteiger partial charge in [0.25, 0.3) is 5.91 Å². The highest BCUT2D eigenvalue weighted by Crippen LogP contribution is 2.14. The van der Waals surface area contributed by atoms with Crippen molar-refractivity contribution in [2.24, 2.45) is 0 Å². The molecule has 1 heterocycles. The Hall–Kier alpha value is -2.87. The Bertz CT molecular complexity index is 679. The summed E-state index contributed by atoms with van der Waals surface area (Å²) in [5.74, 6) is -0.533. The van der Waals surface area contributed by atoms with Crippen molar-refractivity contribution in [3.8, 4) is 12.1 Å². The molecular weight excluding hydrogens is 304 g/mol. The number of carbonyl (C=O) groups excluding carboxylic acids is 1. The Labute approximate surface area is 141 Å². The summed E-state index contributed by atoms with van der Waals surface area (Å²) in [6, 6.07) is 10.6. The molecule has 7 heteroatoms. The van der Waals surface area contributed by atoms with Crippen LogP contribution < -0.4 is 16.0 Å². The predicted molar refractivity (Wildman–Crippen MR) is 90.8 cm³/mol. The van der Waals surface area contributed by atoms with E-state index in [1.165, 1.54) is 6.20 Å². The van der Waals surface area contributed by atoms with E-state index in [0.29, 0.717) is 17.8 Å². The molecule has 1 aromatic rings. The summed E-state index contributed by atoms with van der Waals surface area (Å²) in [6.07, 6.45) is 1.42. The highest BCUT2D eigenvalue weighted by Gasteiger charge is 2.12. The maximum Gasteiger partial charge on any atom is 0.267 e. The second-order valence-corrected chi connectivity index (χ2v) is 5.33. The molecule has 0 unspecified atom stereocenters. The minimum absolute atomic E-state index is 0.0250. The standard InChI is InChI=1S/C17H20N6O/c18-11-14-3-1-2-4-16(14)22-17(24)15(12-19)13-21-7-10-23-8-5-20-6-9-23/h1-4,13,20-21H,5-10H2,(H,22,24)/b15-13-. The molecule has 0 atom stereocenters. The number of amides is 1. The average Bonchev–Trinajstić information content (AvgIpc) is 2.63. The summed E-state index contributed by atoms with van der Waals surface area (Å²) in [5.41, 5.74) is 0.727. The lowest BCUT2D eigenvalue weighted by atomic mass is 10.2. The van der Waals surface area contributed by atoms with E-state index in [0.717, 1.165) is 32.7 Å². The van der Waals surface area contributed by atoms with Crippen LogP contribution in [-0.4, -0.2) is 50.1 Å². The summed E-state index contributed by atoms with van der Waals surface area (Å²) in [4.78, 5) is 14.4. The van der Waals surface area contributed by atoms with E-state index >= 15 is 0 Å². The van der Waals surface area contributed by atoms with E-state index in [1.54, 1.807) is 24.3 Å². The van der Waals surface area contributed by atoms with Crippen LogP contribution in [0, 0.1) is 22.7 Å². The van der Waals surface area contributed by atoms with Crippen LogP contribution in [0.3, 0.4) is 0 Å². The van der Waals surface area contributed by atoms with Gasteiger partial charge in [-0.1, -0.05) is 12.1 Å². The number of benzene rings is 1. The summed E-state index contributed by atoms with van der Waals surface area (Å²) >= 11 is 0. The van der Waals surface area contributed by atoms with Gasteiger partial charge in [0.1, 0.15) is 17.7 Å². The second kappa shape index (κ2) is 9.31. The number of hydrogen-bond acceptors (Lipinski definition) is 6. The topological polar surface area (TPSA) is 104 Å². The number of para-hydroxylation sites is 1. The van der Waals surface area contributed by atoms with Gasteiger partial charge < -0.3 is 16.0 Å². The van der Waals surface area contributed by atoms with Crippen molar-refractivity contribution in [1.29, 1.82) is 10.5 Å². The number of hydrogen-bond donors (Lipinski definition) is 3. The third kappa shape index (κ3) is 5.10. The lowest BCUT2D eigenvalue weighted by Gasteiger charge is -2.26. The lowest BCUT2D eigenvalue weighted by molar-refractivity contribution is -0.112. The van der Waals surface area contributed by atoms with Gasteiger partial charge in [0.05, 0.1) is 11.3 Å². The zero-order valence-electron chi connectivity index (χ0n) is 13.4. The second-order valence-electron chi connectivity index (χ2n) is 5.33. The molecule has 0 saturated carbocycles. The lowest BCUT2D eigenvalue weighted by Crippen LogP contribution is -2.45. The summed E-state index contributed by atoms with van der Waals surface area (Å²) in [7, 11) is 0. The van der Waals surface area contributed by atoms with Crippen LogP contribution in [0.1, 0.15) is 5.56 Å². The summed E-state index contributed by atoms with van der Waals surface area (Å²) < 4.78 is 0. The molecule has 0 bridgehead atoms. The van der Waals surface area contributed by atoms with Crippen LogP contribution in [0.5, 0.6) is 0 Å². The number of rotatable bonds is 6. The molecule has 1 saturated heterocycles. The van der Waals surface area contributed by atoms with E-state index in [4.69, 9.17) is 10.5 Å².